The lowest BCUT2D eigenvalue weighted by atomic mass is 10.1. The number of halogens is 1. The molecule has 0 saturated heterocycles. The molecule has 0 aliphatic carbocycles. The van der Waals surface area contributed by atoms with Crippen molar-refractivity contribution in [2.45, 2.75) is 0 Å². The first kappa shape index (κ1) is 11.5. The number of thiazole rings is 1. The molecule has 3 aromatic rings. The maximum absolute atomic E-state index is 5.92. The van der Waals surface area contributed by atoms with Crippen molar-refractivity contribution >= 4 is 22.9 Å². The summed E-state index contributed by atoms with van der Waals surface area (Å²) in [7, 11) is 0. The molecule has 1 aromatic heterocycles. The SMILES string of the molecule is Clc1ccc(-c2scnc2-c2ccccc2)cc1. The lowest BCUT2D eigenvalue weighted by molar-refractivity contribution is 1.41. The molecule has 0 atom stereocenters. The van der Waals surface area contributed by atoms with Gasteiger partial charge in [-0.05, 0) is 17.7 Å². The van der Waals surface area contributed by atoms with Crippen LogP contribution >= 0.6 is 22.9 Å². The average Bonchev–Trinajstić information content (AvgIpc) is 2.90. The van der Waals surface area contributed by atoms with Gasteiger partial charge < -0.3 is 0 Å². The molecule has 0 saturated carbocycles. The van der Waals surface area contributed by atoms with E-state index in [0.717, 1.165) is 21.8 Å². The van der Waals surface area contributed by atoms with Crippen LogP contribution in [0.15, 0.2) is 60.1 Å². The number of hydrogen-bond donors (Lipinski definition) is 0. The Labute approximate surface area is 115 Å². The van der Waals surface area contributed by atoms with Crippen LogP contribution in [0.4, 0.5) is 0 Å². The van der Waals surface area contributed by atoms with E-state index in [-0.39, 0.29) is 0 Å². The molecule has 0 N–H and O–H groups in total. The summed E-state index contributed by atoms with van der Waals surface area (Å²) in [5.41, 5.74) is 5.21. The number of nitrogens with zero attached hydrogens (tertiary/aromatic N) is 1. The van der Waals surface area contributed by atoms with E-state index in [4.69, 9.17) is 11.6 Å². The van der Waals surface area contributed by atoms with Crippen LogP contribution in [0.1, 0.15) is 0 Å². The van der Waals surface area contributed by atoms with E-state index in [1.54, 1.807) is 11.3 Å². The zero-order chi connectivity index (χ0) is 12.4. The van der Waals surface area contributed by atoms with Crippen molar-refractivity contribution in [1.82, 2.24) is 4.98 Å². The summed E-state index contributed by atoms with van der Waals surface area (Å²) in [4.78, 5) is 5.65. The van der Waals surface area contributed by atoms with Gasteiger partial charge >= 0.3 is 0 Å². The molecular weight excluding hydrogens is 262 g/mol. The largest absolute Gasteiger partial charge is 0.244 e. The minimum absolute atomic E-state index is 0.754. The topological polar surface area (TPSA) is 12.9 Å². The molecule has 0 radical (unpaired) electrons. The quantitative estimate of drug-likeness (QED) is 0.630. The van der Waals surface area contributed by atoms with Crippen LogP contribution in [-0.2, 0) is 0 Å². The van der Waals surface area contributed by atoms with E-state index in [1.165, 1.54) is 4.88 Å². The number of benzene rings is 2. The fourth-order valence-corrected chi connectivity index (χ4v) is 2.80. The average molecular weight is 272 g/mol. The molecule has 0 fully saturated rings. The summed E-state index contributed by atoms with van der Waals surface area (Å²) in [5.74, 6) is 0. The third kappa shape index (κ3) is 2.17. The zero-order valence-corrected chi connectivity index (χ0v) is 11.1. The van der Waals surface area contributed by atoms with Crippen molar-refractivity contribution in [2.24, 2.45) is 0 Å². The number of hydrogen-bond acceptors (Lipinski definition) is 2. The molecular formula is C15H10ClNS. The first-order chi connectivity index (χ1) is 8.84. The van der Waals surface area contributed by atoms with Gasteiger partial charge in [-0.2, -0.15) is 0 Å². The van der Waals surface area contributed by atoms with Gasteiger partial charge in [-0.3, -0.25) is 0 Å². The smallest absolute Gasteiger partial charge is 0.0890 e. The fraction of sp³-hybridized carbons (Fsp3) is 0. The van der Waals surface area contributed by atoms with Gasteiger partial charge in [0, 0.05) is 10.6 Å². The van der Waals surface area contributed by atoms with Gasteiger partial charge in [0.15, 0.2) is 0 Å². The molecule has 0 unspecified atom stereocenters. The van der Waals surface area contributed by atoms with Gasteiger partial charge in [0.2, 0.25) is 0 Å². The Morgan fingerprint density at radius 3 is 2.28 bits per heavy atom. The highest BCUT2D eigenvalue weighted by atomic mass is 35.5. The van der Waals surface area contributed by atoms with Gasteiger partial charge in [0.05, 0.1) is 16.1 Å². The highest BCUT2D eigenvalue weighted by Crippen LogP contribution is 2.34. The molecule has 0 aliphatic rings. The lowest BCUT2D eigenvalue weighted by Gasteiger charge is -2.03. The monoisotopic (exact) mass is 271 g/mol. The molecule has 0 amide bonds. The molecule has 1 nitrogen and oxygen atoms in total. The lowest BCUT2D eigenvalue weighted by Crippen LogP contribution is -1.81. The highest BCUT2D eigenvalue weighted by molar-refractivity contribution is 7.13. The standard InChI is InChI=1S/C15H10ClNS/c16-13-8-6-12(7-9-13)15-14(17-10-18-15)11-4-2-1-3-5-11/h1-10H. The Kier molecular flexibility index (Phi) is 3.13. The molecule has 0 bridgehead atoms. The normalized spacial score (nSPS) is 10.5. The minimum Gasteiger partial charge on any atom is -0.244 e. The molecule has 88 valence electrons. The maximum atomic E-state index is 5.92. The summed E-state index contributed by atoms with van der Waals surface area (Å²) >= 11 is 7.57. The van der Waals surface area contributed by atoms with Crippen molar-refractivity contribution in [3.05, 3.63) is 65.1 Å². The van der Waals surface area contributed by atoms with E-state index in [1.807, 2.05) is 48.0 Å². The van der Waals surface area contributed by atoms with E-state index < -0.39 is 0 Å². The second kappa shape index (κ2) is 4.92. The molecule has 1 heterocycles. The van der Waals surface area contributed by atoms with Crippen LogP contribution < -0.4 is 0 Å². The van der Waals surface area contributed by atoms with Crippen LogP contribution in [0.25, 0.3) is 21.7 Å². The van der Waals surface area contributed by atoms with Gasteiger partial charge in [0.25, 0.3) is 0 Å². The molecule has 0 spiro atoms. The maximum Gasteiger partial charge on any atom is 0.0890 e. The Morgan fingerprint density at radius 1 is 0.833 bits per heavy atom. The van der Waals surface area contributed by atoms with Crippen LogP contribution in [0.2, 0.25) is 5.02 Å². The van der Waals surface area contributed by atoms with Crippen LogP contribution in [0, 0.1) is 0 Å². The zero-order valence-electron chi connectivity index (χ0n) is 9.51. The van der Waals surface area contributed by atoms with Gasteiger partial charge in [-0.25, -0.2) is 4.98 Å². The van der Waals surface area contributed by atoms with Crippen LogP contribution in [0.3, 0.4) is 0 Å². The van der Waals surface area contributed by atoms with Crippen molar-refractivity contribution in [3.8, 4) is 21.7 Å². The third-order valence-electron chi connectivity index (χ3n) is 2.72. The third-order valence-corrected chi connectivity index (χ3v) is 3.85. The predicted octanol–water partition coefficient (Wildman–Crippen LogP) is 5.13. The molecule has 2 aromatic carbocycles. The van der Waals surface area contributed by atoms with E-state index in [9.17, 15) is 0 Å². The van der Waals surface area contributed by atoms with Gasteiger partial charge in [-0.1, -0.05) is 54.1 Å². The fourth-order valence-electron chi connectivity index (χ4n) is 1.85. The van der Waals surface area contributed by atoms with E-state index in [2.05, 4.69) is 17.1 Å². The van der Waals surface area contributed by atoms with Crippen molar-refractivity contribution in [3.63, 3.8) is 0 Å². The van der Waals surface area contributed by atoms with E-state index >= 15 is 0 Å². The van der Waals surface area contributed by atoms with Gasteiger partial charge in [0.1, 0.15) is 0 Å². The Bertz CT molecular complexity index is 644. The van der Waals surface area contributed by atoms with Gasteiger partial charge in [-0.15, -0.1) is 11.3 Å². The minimum atomic E-state index is 0.754. The van der Waals surface area contributed by atoms with Crippen LogP contribution in [0.5, 0.6) is 0 Å². The molecule has 3 rings (SSSR count). The Morgan fingerprint density at radius 2 is 1.56 bits per heavy atom. The first-order valence-electron chi connectivity index (χ1n) is 5.59. The second-order valence-electron chi connectivity index (χ2n) is 3.90. The van der Waals surface area contributed by atoms with Crippen molar-refractivity contribution in [2.75, 3.05) is 0 Å². The predicted molar refractivity (Wildman–Crippen MR) is 78.0 cm³/mol. The number of rotatable bonds is 2. The first-order valence-corrected chi connectivity index (χ1v) is 6.85. The summed E-state index contributed by atoms with van der Waals surface area (Å²) < 4.78 is 0. The summed E-state index contributed by atoms with van der Waals surface area (Å²) in [6.45, 7) is 0. The second-order valence-corrected chi connectivity index (χ2v) is 5.19. The van der Waals surface area contributed by atoms with E-state index in [0.29, 0.717) is 0 Å². The highest BCUT2D eigenvalue weighted by Gasteiger charge is 2.10. The van der Waals surface area contributed by atoms with Crippen molar-refractivity contribution < 1.29 is 0 Å². The summed E-state index contributed by atoms with van der Waals surface area (Å²) in [6, 6.07) is 18.1. The summed E-state index contributed by atoms with van der Waals surface area (Å²) in [5, 5.41) is 0.754. The molecule has 3 heteroatoms. The summed E-state index contributed by atoms with van der Waals surface area (Å²) in [6.07, 6.45) is 0. The Balaban J connectivity index is 2.10. The molecule has 18 heavy (non-hydrogen) atoms. The van der Waals surface area contributed by atoms with Crippen LogP contribution in [-0.4, -0.2) is 4.98 Å². The Hall–Kier alpha value is -1.64. The molecule has 0 aliphatic heterocycles. The van der Waals surface area contributed by atoms with Crippen molar-refractivity contribution in [1.29, 1.82) is 0 Å². The number of aromatic nitrogens is 1.